The fourth-order valence-electron chi connectivity index (χ4n) is 2.94. The van der Waals surface area contributed by atoms with E-state index in [0.29, 0.717) is 43.2 Å². The minimum absolute atomic E-state index is 0.168. The third kappa shape index (κ3) is 2.75. The SMILES string of the molecule is CC(C)(F)c1cc2c(c(C3CC(C(=O)O)CN3)c1)OCCO2. The summed E-state index contributed by atoms with van der Waals surface area (Å²) in [7, 11) is 0. The van der Waals surface area contributed by atoms with Crippen LogP contribution in [-0.2, 0) is 10.5 Å². The largest absolute Gasteiger partial charge is 0.486 e. The molecule has 5 nitrogen and oxygen atoms in total. The van der Waals surface area contributed by atoms with E-state index < -0.39 is 17.6 Å². The Balaban J connectivity index is 2.00. The van der Waals surface area contributed by atoms with Crippen molar-refractivity contribution < 1.29 is 23.8 Å². The molecule has 1 fully saturated rings. The molecule has 0 aromatic heterocycles. The second-order valence-electron chi connectivity index (χ2n) is 6.29. The lowest BCUT2D eigenvalue weighted by Gasteiger charge is -2.27. The van der Waals surface area contributed by atoms with Gasteiger partial charge in [-0.05, 0) is 38.0 Å². The van der Waals surface area contributed by atoms with Crippen LogP contribution in [0.25, 0.3) is 0 Å². The minimum Gasteiger partial charge on any atom is -0.486 e. The maximum absolute atomic E-state index is 14.4. The van der Waals surface area contributed by atoms with Gasteiger partial charge in [-0.3, -0.25) is 4.79 Å². The molecule has 2 N–H and O–H groups in total. The molecule has 0 bridgehead atoms. The van der Waals surface area contributed by atoms with Gasteiger partial charge in [0, 0.05) is 18.2 Å². The van der Waals surface area contributed by atoms with Crippen molar-refractivity contribution in [2.75, 3.05) is 19.8 Å². The molecule has 0 saturated carbocycles. The molecular weight excluding hydrogens is 289 g/mol. The van der Waals surface area contributed by atoms with Gasteiger partial charge in [-0.15, -0.1) is 0 Å². The van der Waals surface area contributed by atoms with E-state index in [9.17, 15) is 9.18 Å². The van der Waals surface area contributed by atoms with Gasteiger partial charge in [0.25, 0.3) is 0 Å². The maximum Gasteiger partial charge on any atom is 0.307 e. The van der Waals surface area contributed by atoms with E-state index in [1.54, 1.807) is 12.1 Å². The van der Waals surface area contributed by atoms with Crippen molar-refractivity contribution >= 4 is 5.97 Å². The minimum atomic E-state index is -1.50. The van der Waals surface area contributed by atoms with Gasteiger partial charge in [-0.25, -0.2) is 4.39 Å². The summed E-state index contributed by atoms with van der Waals surface area (Å²) in [6.07, 6.45) is 0.460. The van der Waals surface area contributed by atoms with Crippen LogP contribution in [0.15, 0.2) is 12.1 Å². The van der Waals surface area contributed by atoms with Crippen molar-refractivity contribution in [3.8, 4) is 11.5 Å². The number of fused-ring (bicyclic) bond motifs is 1. The van der Waals surface area contributed by atoms with Crippen molar-refractivity contribution in [1.29, 1.82) is 0 Å². The Hall–Kier alpha value is -1.82. The number of carboxylic acids is 1. The Morgan fingerprint density at radius 3 is 2.73 bits per heavy atom. The summed E-state index contributed by atoms with van der Waals surface area (Å²) in [5.74, 6) is -0.122. The van der Waals surface area contributed by atoms with E-state index in [1.165, 1.54) is 13.8 Å². The molecule has 2 heterocycles. The maximum atomic E-state index is 14.4. The lowest BCUT2D eigenvalue weighted by atomic mass is 9.92. The van der Waals surface area contributed by atoms with Crippen LogP contribution in [0.2, 0.25) is 0 Å². The summed E-state index contributed by atoms with van der Waals surface area (Å²) in [5.41, 5.74) is -0.218. The average molecular weight is 309 g/mol. The van der Waals surface area contributed by atoms with Gasteiger partial charge in [-0.2, -0.15) is 0 Å². The number of hydrogen-bond acceptors (Lipinski definition) is 4. The molecule has 6 heteroatoms. The second-order valence-corrected chi connectivity index (χ2v) is 6.29. The van der Waals surface area contributed by atoms with Gasteiger partial charge >= 0.3 is 5.97 Å². The molecule has 22 heavy (non-hydrogen) atoms. The third-order valence-corrected chi connectivity index (χ3v) is 4.21. The highest BCUT2D eigenvalue weighted by Crippen LogP contribution is 2.44. The van der Waals surface area contributed by atoms with Gasteiger partial charge in [0.15, 0.2) is 11.5 Å². The first-order valence-electron chi connectivity index (χ1n) is 7.45. The van der Waals surface area contributed by atoms with Crippen LogP contribution in [0.1, 0.15) is 37.4 Å². The second kappa shape index (κ2) is 5.43. The number of ether oxygens (including phenoxy) is 2. The summed E-state index contributed by atoms with van der Waals surface area (Å²) < 4.78 is 25.6. The van der Waals surface area contributed by atoms with Crippen LogP contribution in [0.5, 0.6) is 11.5 Å². The van der Waals surface area contributed by atoms with E-state index >= 15 is 0 Å². The Labute approximate surface area is 128 Å². The van der Waals surface area contributed by atoms with Gasteiger partial charge in [0.1, 0.15) is 18.9 Å². The number of alkyl halides is 1. The first-order valence-corrected chi connectivity index (χ1v) is 7.45. The monoisotopic (exact) mass is 309 g/mol. The lowest BCUT2D eigenvalue weighted by molar-refractivity contribution is -0.141. The fraction of sp³-hybridized carbons (Fsp3) is 0.562. The Kier molecular flexibility index (Phi) is 3.72. The predicted octanol–water partition coefficient (Wildman–Crippen LogP) is 2.40. The molecule has 2 atom stereocenters. The smallest absolute Gasteiger partial charge is 0.307 e. The molecule has 3 rings (SSSR count). The number of aliphatic carboxylic acids is 1. The number of halogens is 1. The highest BCUT2D eigenvalue weighted by molar-refractivity contribution is 5.71. The molecule has 1 aromatic carbocycles. The zero-order valence-corrected chi connectivity index (χ0v) is 12.7. The Morgan fingerprint density at radius 2 is 2.09 bits per heavy atom. The Bertz CT molecular complexity index is 597. The highest BCUT2D eigenvalue weighted by Gasteiger charge is 2.34. The summed E-state index contributed by atoms with van der Waals surface area (Å²) in [5, 5.41) is 12.3. The standard InChI is InChI=1S/C16H20FNO4/c1-16(2,17)10-6-11(12-5-9(8-18-12)15(19)20)14-13(7-10)21-3-4-22-14/h6-7,9,12,18H,3-5,8H2,1-2H3,(H,19,20). The number of carbonyl (C=O) groups is 1. The first-order chi connectivity index (χ1) is 10.4. The Morgan fingerprint density at radius 1 is 1.36 bits per heavy atom. The molecule has 2 aliphatic heterocycles. The first kappa shape index (κ1) is 15.1. The van der Waals surface area contributed by atoms with Gasteiger partial charge in [-0.1, -0.05) is 0 Å². The zero-order chi connectivity index (χ0) is 15.9. The van der Waals surface area contributed by atoms with E-state index in [-0.39, 0.29) is 6.04 Å². The van der Waals surface area contributed by atoms with Crippen LogP contribution in [-0.4, -0.2) is 30.8 Å². The lowest BCUT2D eigenvalue weighted by Crippen LogP contribution is -2.22. The van der Waals surface area contributed by atoms with Crippen molar-refractivity contribution in [3.05, 3.63) is 23.3 Å². The number of benzene rings is 1. The van der Waals surface area contributed by atoms with Crippen LogP contribution in [0, 0.1) is 5.92 Å². The van der Waals surface area contributed by atoms with Crippen molar-refractivity contribution in [2.24, 2.45) is 5.92 Å². The van der Waals surface area contributed by atoms with Crippen LogP contribution >= 0.6 is 0 Å². The highest BCUT2D eigenvalue weighted by atomic mass is 19.1. The molecule has 0 spiro atoms. The normalized spacial score (nSPS) is 24.3. The zero-order valence-electron chi connectivity index (χ0n) is 12.7. The summed E-state index contributed by atoms with van der Waals surface area (Å²) >= 11 is 0. The fourth-order valence-corrected chi connectivity index (χ4v) is 2.94. The average Bonchev–Trinajstić information content (AvgIpc) is 2.95. The molecule has 1 saturated heterocycles. The van der Waals surface area contributed by atoms with Gasteiger partial charge < -0.3 is 19.9 Å². The van der Waals surface area contributed by atoms with E-state index in [0.717, 1.165) is 5.56 Å². The number of carboxylic acid groups (broad SMARTS) is 1. The number of nitrogens with one attached hydrogen (secondary N) is 1. The van der Waals surface area contributed by atoms with Crippen molar-refractivity contribution in [2.45, 2.75) is 32.0 Å². The van der Waals surface area contributed by atoms with E-state index in [1.807, 2.05) is 0 Å². The molecular formula is C16H20FNO4. The topological polar surface area (TPSA) is 67.8 Å². The van der Waals surface area contributed by atoms with E-state index in [2.05, 4.69) is 5.32 Å². The number of hydrogen-bond donors (Lipinski definition) is 2. The van der Waals surface area contributed by atoms with Crippen molar-refractivity contribution in [1.82, 2.24) is 5.32 Å². The van der Waals surface area contributed by atoms with Crippen LogP contribution in [0.4, 0.5) is 4.39 Å². The summed E-state index contributed by atoms with van der Waals surface area (Å²) in [6.45, 7) is 4.25. The molecule has 2 aliphatic rings. The molecule has 2 unspecified atom stereocenters. The molecule has 0 aliphatic carbocycles. The molecule has 0 radical (unpaired) electrons. The van der Waals surface area contributed by atoms with Crippen LogP contribution in [0.3, 0.4) is 0 Å². The van der Waals surface area contributed by atoms with E-state index in [4.69, 9.17) is 14.6 Å². The summed E-state index contributed by atoms with van der Waals surface area (Å²) in [4.78, 5) is 11.1. The summed E-state index contributed by atoms with van der Waals surface area (Å²) in [6, 6.07) is 3.26. The molecule has 120 valence electrons. The quantitative estimate of drug-likeness (QED) is 0.897. The molecule has 1 aromatic rings. The van der Waals surface area contributed by atoms with Gasteiger partial charge in [0.05, 0.1) is 5.92 Å². The predicted molar refractivity (Wildman–Crippen MR) is 78.1 cm³/mol. The molecule has 0 amide bonds. The van der Waals surface area contributed by atoms with Crippen molar-refractivity contribution in [3.63, 3.8) is 0 Å². The third-order valence-electron chi connectivity index (χ3n) is 4.21. The van der Waals surface area contributed by atoms with Gasteiger partial charge in [0.2, 0.25) is 0 Å². The number of rotatable bonds is 3. The van der Waals surface area contributed by atoms with Crippen LogP contribution < -0.4 is 14.8 Å².